The summed E-state index contributed by atoms with van der Waals surface area (Å²) in [5, 5.41) is 6.66. The van der Waals surface area contributed by atoms with Crippen LogP contribution in [0.3, 0.4) is 0 Å². The first-order chi connectivity index (χ1) is 7.84. The smallest absolute Gasteiger partial charge is 0.000825 e. The molecule has 2 N–H and O–H groups in total. The number of hydrogen-bond acceptors (Lipinski definition) is 2. The Kier molecular flexibility index (Phi) is 6.86. The SMILES string of the molecule is CNCCCCNCCc1ccccc1C. The van der Waals surface area contributed by atoms with Crippen LogP contribution < -0.4 is 10.6 Å². The first-order valence-corrected chi connectivity index (χ1v) is 6.24. The van der Waals surface area contributed by atoms with Gasteiger partial charge in [0.1, 0.15) is 0 Å². The van der Waals surface area contributed by atoms with Gasteiger partial charge in [0.05, 0.1) is 0 Å². The fourth-order valence-electron chi connectivity index (χ4n) is 1.79. The number of nitrogens with one attached hydrogen (secondary N) is 2. The van der Waals surface area contributed by atoms with E-state index in [-0.39, 0.29) is 0 Å². The van der Waals surface area contributed by atoms with Crippen LogP contribution in [0.1, 0.15) is 24.0 Å². The molecule has 1 rings (SSSR count). The van der Waals surface area contributed by atoms with Crippen LogP contribution in [-0.2, 0) is 6.42 Å². The number of hydrogen-bond donors (Lipinski definition) is 2. The zero-order valence-electron chi connectivity index (χ0n) is 10.6. The van der Waals surface area contributed by atoms with E-state index in [1.807, 2.05) is 7.05 Å². The van der Waals surface area contributed by atoms with Gasteiger partial charge in [-0.15, -0.1) is 0 Å². The van der Waals surface area contributed by atoms with E-state index in [0.717, 1.165) is 26.1 Å². The summed E-state index contributed by atoms with van der Waals surface area (Å²) in [6.07, 6.45) is 3.65. The summed E-state index contributed by atoms with van der Waals surface area (Å²) in [5.41, 5.74) is 2.87. The fraction of sp³-hybridized carbons (Fsp3) is 0.571. The zero-order chi connectivity index (χ0) is 11.6. The van der Waals surface area contributed by atoms with E-state index >= 15 is 0 Å². The third-order valence-electron chi connectivity index (χ3n) is 2.86. The molecule has 2 nitrogen and oxygen atoms in total. The van der Waals surface area contributed by atoms with Gasteiger partial charge in [0, 0.05) is 0 Å². The molecule has 0 aliphatic heterocycles. The Morgan fingerprint density at radius 1 is 1.00 bits per heavy atom. The van der Waals surface area contributed by atoms with Crippen molar-refractivity contribution >= 4 is 0 Å². The molecule has 0 aliphatic carbocycles. The molecule has 0 saturated heterocycles. The molecule has 0 bridgehead atoms. The van der Waals surface area contributed by atoms with Crippen LogP contribution in [0.15, 0.2) is 24.3 Å². The molecule has 90 valence electrons. The van der Waals surface area contributed by atoms with Gasteiger partial charge in [0.25, 0.3) is 0 Å². The van der Waals surface area contributed by atoms with Gasteiger partial charge < -0.3 is 10.6 Å². The van der Waals surface area contributed by atoms with Gasteiger partial charge >= 0.3 is 0 Å². The van der Waals surface area contributed by atoms with E-state index in [9.17, 15) is 0 Å². The van der Waals surface area contributed by atoms with Crippen molar-refractivity contribution in [3.63, 3.8) is 0 Å². The lowest BCUT2D eigenvalue weighted by Crippen LogP contribution is -2.20. The highest BCUT2D eigenvalue weighted by atomic mass is 14.8. The van der Waals surface area contributed by atoms with Gasteiger partial charge in [-0.3, -0.25) is 0 Å². The Balaban J connectivity index is 2.05. The predicted octanol–water partition coefficient (Wildman–Crippen LogP) is 2.13. The second kappa shape index (κ2) is 8.31. The van der Waals surface area contributed by atoms with Crippen molar-refractivity contribution in [1.29, 1.82) is 0 Å². The van der Waals surface area contributed by atoms with Crippen LogP contribution >= 0.6 is 0 Å². The Morgan fingerprint density at radius 3 is 2.50 bits per heavy atom. The first-order valence-electron chi connectivity index (χ1n) is 6.24. The van der Waals surface area contributed by atoms with Gasteiger partial charge in [-0.2, -0.15) is 0 Å². The Morgan fingerprint density at radius 2 is 1.75 bits per heavy atom. The van der Waals surface area contributed by atoms with Crippen molar-refractivity contribution in [2.75, 3.05) is 26.7 Å². The average molecular weight is 220 g/mol. The van der Waals surface area contributed by atoms with E-state index in [2.05, 4.69) is 41.8 Å². The Hall–Kier alpha value is -0.860. The van der Waals surface area contributed by atoms with Gasteiger partial charge in [-0.25, -0.2) is 0 Å². The van der Waals surface area contributed by atoms with E-state index < -0.39 is 0 Å². The highest BCUT2D eigenvalue weighted by molar-refractivity contribution is 5.25. The molecular formula is C14H24N2. The molecule has 0 unspecified atom stereocenters. The quantitative estimate of drug-likeness (QED) is 0.656. The molecule has 0 atom stereocenters. The molecule has 0 aliphatic rings. The van der Waals surface area contributed by atoms with Crippen LogP contribution in [0, 0.1) is 6.92 Å². The van der Waals surface area contributed by atoms with Gasteiger partial charge in [-0.1, -0.05) is 24.3 Å². The van der Waals surface area contributed by atoms with E-state index in [0.29, 0.717) is 0 Å². The molecule has 0 heterocycles. The van der Waals surface area contributed by atoms with E-state index in [1.54, 1.807) is 0 Å². The fourth-order valence-corrected chi connectivity index (χ4v) is 1.79. The van der Waals surface area contributed by atoms with Crippen LogP contribution in [0.25, 0.3) is 0 Å². The van der Waals surface area contributed by atoms with Crippen molar-refractivity contribution in [2.24, 2.45) is 0 Å². The minimum absolute atomic E-state index is 1.09. The van der Waals surface area contributed by atoms with E-state index in [1.165, 1.54) is 24.0 Å². The maximum atomic E-state index is 3.49. The van der Waals surface area contributed by atoms with Crippen molar-refractivity contribution in [3.05, 3.63) is 35.4 Å². The molecule has 0 amide bonds. The van der Waals surface area contributed by atoms with Crippen LogP contribution in [0.4, 0.5) is 0 Å². The molecule has 0 fully saturated rings. The van der Waals surface area contributed by atoms with Crippen molar-refractivity contribution in [3.8, 4) is 0 Å². The monoisotopic (exact) mass is 220 g/mol. The highest BCUT2D eigenvalue weighted by Crippen LogP contribution is 2.06. The maximum Gasteiger partial charge on any atom is -0.000825 e. The van der Waals surface area contributed by atoms with Gasteiger partial charge in [0.15, 0.2) is 0 Å². The molecule has 0 saturated carbocycles. The second-order valence-corrected chi connectivity index (χ2v) is 4.24. The summed E-state index contributed by atoms with van der Waals surface area (Å²) < 4.78 is 0. The number of aryl methyl sites for hydroxylation is 1. The lowest BCUT2D eigenvalue weighted by Gasteiger charge is -2.07. The lowest BCUT2D eigenvalue weighted by atomic mass is 10.1. The van der Waals surface area contributed by atoms with Crippen LogP contribution in [-0.4, -0.2) is 26.7 Å². The summed E-state index contributed by atoms with van der Waals surface area (Å²) in [6, 6.07) is 8.62. The maximum absolute atomic E-state index is 3.49. The summed E-state index contributed by atoms with van der Waals surface area (Å²) >= 11 is 0. The normalized spacial score (nSPS) is 10.6. The third-order valence-corrected chi connectivity index (χ3v) is 2.86. The molecule has 0 aromatic heterocycles. The lowest BCUT2D eigenvalue weighted by molar-refractivity contribution is 0.605. The summed E-state index contributed by atoms with van der Waals surface area (Å²) in [4.78, 5) is 0. The predicted molar refractivity (Wildman–Crippen MR) is 70.9 cm³/mol. The molecule has 0 radical (unpaired) electrons. The van der Waals surface area contributed by atoms with Crippen molar-refractivity contribution in [2.45, 2.75) is 26.2 Å². The Labute approximate surface area is 99.5 Å². The minimum atomic E-state index is 1.09. The highest BCUT2D eigenvalue weighted by Gasteiger charge is 1.95. The van der Waals surface area contributed by atoms with Crippen LogP contribution in [0.5, 0.6) is 0 Å². The molecule has 16 heavy (non-hydrogen) atoms. The van der Waals surface area contributed by atoms with Crippen molar-refractivity contribution < 1.29 is 0 Å². The Bertz CT molecular complexity index is 284. The first kappa shape index (κ1) is 13.2. The largest absolute Gasteiger partial charge is 0.320 e. The topological polar surface area (TPSA) is 24.1 Å². The molecule has 0 spiro atoms. The number of benzene rings is 1. The molecule has 2 heteroatoms. The number of rotatable bonds is 8. The van der Waals surface area contributed by atoms with Crippen LogP contribution in [0.2, 0.25) is 0 Å². The summed E-state index contributed by atoms with van der Waals surface area (Å²) in [6.45, 7) is 5.53. The zero-order valence-corrected chi connectivity index (χ0v) is 10.6. The third kappa shape index (κ3) is 5.29. The van der Waals surface area contributed by atoms with Gasteiger partial charge in [0.2, 0.25) is 0 Å². The standard InChI is InChI=1S/C14H24N2/c1-13-7-3-4-8-14(13)9-12-16-11-6-5-10-15-2/h3-4,7-8,15-16H,5-6,9-12H2,1-2H3. The number of unbranched alkanes of at least 4 members (excludes halogenated alkanes) is 1. The second-order valence-electron chi connectivity index (χ2n) is 4.24. The summed E-state index contributed by atoms with van der Waals surface area (Å²) in [7, 11) is 2.01. The average Bonchev–Trinajstić information content (AvgIpc) is 2.30. The minimum Gasteiger partial charge on any atom is -0.320 e. The molecule has 1 aromatic rings. The van der Waals surface area contributed by atoms with Crippen molar-refractivity contribution in [1.82, 2.24) is 10.6 Å². The summed E-state index contributed by atoms with van der Waals surface area (Å²) in [5.74, 6) is 0. The van der Waals surface area contributed by atoms with Gasteiger partial charge in [-0.05, 0) is 64.0 Å². The molecule has 1 aromatic carbocycles. The van der Waals surface area contributed by atoms with E-state index in [4.69, 9.17) is 0 Å². The molecular weight excluding hydrogens is 196 g/mol.